The molecular weight excluding hydrogens is 316 g/mol. The number of rotatable bonds is 5. The SMILES string of the molecule is Cn1cc(CNC[C@@H]2COc3ccccc3O2)c(-c2cccnc2)n1. The molecule has 4 rings (SSSR count). The summed E-state index contributed by atoms with van der Waals surface area (Å²) in [5.74, 6) is 1.61. The Morgan fingerprint density at radius 2 is 2.08 bits per heavy atom. The van der Waals surface area contributed by atoms with Crippen molar-refractivity contribution in [1.82, 2.24) is 20.1 Å². The molecule has 0 aliphatic carbocycles. The highest BCUT2D eigenvalue weighted by molar-refractivity contribution is 5.61. The number of pyridine rings is 1. The lowest BCUT2D eigenvalue weighted by Gasteiger charge is -2.26. The summed E-state index contributed by atoms with van der Waals surface area (Å²) in [4.78, 5) is 4.18. The van der Waals surface area contributed by atoms with Gasteiger partial charge in [-0.05, 0) is 24.3 Å². The van der Waals surface area contributed by atoms with Crippen LogP contribution in [0.1, 0.15) is 5.56 Å². The lowest BCUT2D eigenvalue weighted by Crippen LogP contribution is -2.38. The molecule has 0 saturated heterocycles. The standard InChI is InChI=1S/C19H20N4O2/c1-23-12-15(19(22-23)14-5-4-8-20-9-14)10-21-11-16-13-24-17-6-2-3-7-18(17)25-16/h2-9,12,16,21H,10-11,13H2,1H3/t16-/m1/s1. The first-order chi connectivity index (χ1) is 12.3. The maximum absolute atomic E-state index is 5.97. The number of benzene rings is 1. The molecule has 128 valence electrons. The number of fused-ring (bicyclic) bond motifs is 1. The molecule has 0 unspecified atom stereocenters. The van der Waals surface area contributed by atoms with E-state index >= 15 is 0 Å². The van der Waals surface area contributed by atoms with Crippen molar-refractivity contribution in [2.45, 2.75) is 12.6 Å². The fourth-order valence-electron chi connectivity index (χ4n) is 2.94. The number of hydrogen-bond acceptors (Lipinski definition) is 5. The predicted octanol–water partition coefficient (Wildman–Crippen LogP) is 2.41. The van der Waals surface area contributed by atoms with Crippen LogP contribution in [0.2, 0.25) is 0 Å². The van der Waals surface area contributed by atoms with Crippen molar-refractivity contribution in [2.75, 3.05) is 13.2 Å². The average molecular weight is 336 g/mol. The van der Waals surface area contributed by atoms with E-state index in [9.17, 15) is 0 Å². The van der Waals surface area contributed by atoms with E-state index in [1.807, 2.05) is 60.5 Å². The fourth-order valence-corrected chi connectivity index (χ4v) is 2.94. The number of nitrogens with one attached hydrogen (secondary N) is 1. The van der Waals surface area contributed by atoms with Gasteiger partial charge in [0.05, 0.1) is 5.69 Å². The molecule has 1 N–H and O–H groups in total. The molecule has 0 saturated carbocycles. The monoisotopic (exact) mass is 336 g/mol. The zero-order valence-electron chi connectivity index (χ0n) is 14.1. The maximum Gasteiger partial charge on any atom is 0.161 e. The largest absolute Gasteiger partial charge is 0.486 e. The highest BCUT2D eigenvalue weighted by atomic mass is 16.6. The van der Waals surface area contributed by atoms with Crippen LogP contribution in [0.3, 0.4) is 0 Å². The van der Waals surface area contributed by atoms with Crippen LogP contribution in [0.4, 0.5) is 0 Å². The molecule has 0 fully saturated rings. The first-order valence-electron chi connectivity index (χ1n) is 8.32. The van der Waals surface area contributed by atoms with Gasteiger partial charge < -0.3 is 14.8 Å². The highest BCUT2D eigenvalue weighted by Crippen LogP contribution is 2.30. The van der Waals surface area contributed by atoms with Gasteiger partial charge in [-0.3, -0.25) is 9.67 Å². The fraction of sp³-hybridized carbons (Fsp3) is 0.263. The summed E-state index contributed by atoms with van der Waals surface area (Å²) in [7, 11) is 1.93. The molecule has 0 bridgehead atoms. The minimum Gasteiger partial charge on any atom is -0.486 e. The van der Waals surface area contributed by atoms with E-state index in [0.717, 1.165) is 28.3 Å². The highest BCUT2D eigenvalue weighted by Gasteiger charge is 2.20. The Labute approximate surface area is 146 Å². The number of para-hydroxylation sites is 2. The Morgan fingerprint density at radius 3 is 2.92 bits per heavy atom. The Bertz CT molecular complexity index is 848. The predicted molar refractivity (Wildman–Crippen MR) is 94.5 cm³/mol. The van der Waals surface area contributed by atoms with Crippen molar-refractivity contribution in [1.29, 1.82) is 0 Å². The summed E-state index contributed by atoms with van der Waals surface area (Å²) < 4.78 is 13.5. The van der Waals surface area contributed by atoms with Gasteiger partial charge in [-0.1, -0.05) is 12.1 Å². The van der Waals surface area contributed by atoms with E-state index in [1.165, 1.54) is 0 Å². The van der Waals surface area contributed by atoms with Gasteiger partial charge in [-0.2, -0.15) is 5.10 Å². The lowest BCUT2D eigenvalue weighted by atomic mass is 10.1. The van der Waals surface area contributed by atoms with Gasteiger partial charge in [0.25, 0.3) is 0 Å². The Balaban J connectivity index is 1.38. The number of hydrogen-bond donors (Lipinski definition) is 1. The Hall–Kier alpha value is -2.86. The van der Waals surface area contributed by atoms with Gasteiger partial charge in [0.15, 0.2) is 11.5 Å². The zero-order chi connectivity index (χ0) is 17.1. The summed E-state index contributed by atoms with van der Waals surface area (Å²) in [6, 6.07) is 11.7. The van der Waals surface area contributed by atoms with Gasteiger partial charge in [0.2, 0.25) is 0 Å². The molecule has 3 aromatic rings. The van der Waals surface area contributed by atoms with Crippen LogP contribution in [0.25, 0.3) is 11.3 Å². The van der Waals surface area contributed by atoms with E-state index < -0.39 is 0 Å². The van der Waals surface area contributed by atoms with Gasteiger partial charge in [0, 0.05) is 49.9 Å². The first kappa shape index (κ1) is 15.7. The topological polar surface area (TPSA) is 61.2 Å². The molecule has 1 aliphatic rings. The number of ether oxygens (including phenoxy) is 2. The van der Waals surface area contributed by atoms with Crippen LogP contribution < -0.4 is 14.8 Å². The molecular formula is C19H20N4O2. The number of nitrogens with zero attached hydrogens (tertiary/aromatic N) is 3. The van der Waals surface area contributed by atoms with Gasteiger partial charge >= 0.3 is 0 Å². The van der Waals surface area contributed by atoms with Crippen molar-refractivity contribution >= 4 is 0 Å². The molecule has 6 heteroatoms. The molecule has 6 nitrogen and oxygen atoms in total. The molecule has 3 heterocycles. The normalized spacial score (nSPS) is 16.0. The number of aromatic nitrogens is 3. The third kappa shape index (κ3) is 3.49. The van der Waals surface area contributed by atoms with Crippen LogP contribution >= 0.6 is 0 Å². The van der Waals surface area contributed by atoms with Gasteiger partial charge in [0.1, 0.15) is 12.7 Å². The molecule has 25 heavy (non-hydrogen) atoms. The third-order valence-electron chi connectivity index (χ3n) is 4.09. The van der Waals surface area contributed by atoms with Gasteiger partial charge in [-0.25, -0.2) is 0 Å². The van der Waals surface area contributed by atoms with Crippen molar-refractivity contribution in [2.24, 2.45) is 7.05 Å². The van der Waals surface area contributed by atoms with Crippen LogP contribution in [0, 0.1) is 0 Å². The van der Waals surface area contributed by atoms with E-state index in [1.54, 1.807) is 6.20 Å². The van der Waals surface area contributed by atoms with Gasteiger partial charge in [-0.15, -0.1) is 0 Å². The summed E-state index contributed by atoms with van der Waals surface area (Å²) in [5.41, 5.74) is 3.10. The minimum atomic E-state index is -0.00610. The molecule has 1 aliphatic heterocycles. The smallest absolute Gasteiger partial charge is 0.161 e. The average Bonchev–Trinajstić information content (AvgIpc) is 3.03. The summed E-state index contributed by atoms with van der Waals surface area (Å²) in [5, 5.41) is 8.00. The second-order valence-electron chi connectivity index (χ2n) is 6.05. The lowest BCUT2D eigenvalue weighted by molar-refractivity contribution is 0.0902. The second kappa shape index (κ2) is 6.94. The summed E-state index contributed by atoms with van der Waals surface area (Å²) in [6.45, 7) is 1.96. The van der Waals surface area contributed by atoms with Crippen molar-refractivity contribution < 1.29 is 9.47 Å². The van der Waals surface area contributed by atoms with E-state index in [0.29, 0.717) is 19.7 Å². The molecule has 0 amide bonds. The maximum atomic E-state index is 5.97. The first-order valence-corrected chi connectivity index (χ1v) is 8.32. The molecule has 2 aromatic heterocycles. The second-order valence-corrected chi connectivity index (χ2v) is 6.05. The van der Waals surface area contributed by atoms with Crippen LogP contribution in [-0.2, 0) is 13.6 Å². The Kier molecular flexibility index (Phi) is 4.35. The molecule has 0 spiro atoms. The van der Waals surface area contributed by atoms with E-state index in [-0.39, 0.29) is 6.10 Å². The van der Waals surface area contributed by atoms with Crippen molar-refractivity contribution in [3.63, 3.8) is 0 Å². The van der Waals surface area contributed by atoms with Crippen molar-refractivity contribution in [3.8, 4) is 22.8 Å². The Morgan fingerprint density at radius 1 is 1.20 bits per heavy atom. The molecule has 1 aromatic carbocycles. The zero-order valence-corrected chi connectivity index (χ0v) is 14.1. The quantitative estimate of drug-likeness (QED) is 0.775. The van der Waals surface area contributed by atoms with E-state index in [4.69, 9.17) is 9.47 Å². The summed E-state index contributed by atoms with van der Waals surface area (Å²) in [6.07, 6.45) is 5.63. The van der Waals surface area contributed by atoms with E-state index in [2.05, 4.69) is 15.4 Å². The van der Waals surface area contributed by atoms with Crippen LogP contribution in [-0.4, -0.2) is 34.0 Å². The summed E-state index contributed by atoms with van der Waals surface area (Å²) >= 11 is 0. The van der Waals surface area contributed by atoms with Crippen LogP contribution in [0.5, 0.6) is 11.5 Å². The van der Waals surface area contributed by atoms with Crippen LogP contribution in [0.15, 0.2) is 55.0 Å². The van der Waals surface area contributed by atoms with Crippen molar-refractivity contribution in [3.05, 3.63) is 60.6 Å². The molecule has 0 radical (unpaired) electrons. The third-order valence-corrected chi connectivity index (χ3v) is 4.09. The number of aryl methyl sites for hydroxylation is 1. The molecule has 1 atom stereocenters. The minimum absolute atomic E-state index is 0.00610.